The van der Waals surface area contributed by atoms with Gasteiger partial charge in [0.15, 0.2) is 0 Å². The molecule has 6 nitrogen and oxygen atoms in total. The van der Waals surface area contributed by atoms with Crippen molar-refractivity contribution in [3.8, 4) is 6.07 Å². The lowest BCUT2D eigenvalue weighted by Gasteiger charge is -2.20. The number of nitriles is 1. The second-order valence-corrected chi connectivity index (χ2v) is 6.10. The van der Waals surface area contributed by atoms with E-state index >= 15 is 0 Å². The average molecular weight is 295 g/mol. The van der Waals surface area contributed by atoms with Crippen LogP contribution in [-0.4, -0.2) is 38.8 Å². The molecule has 0 bridgehead atoms. The Morgan fingerprint density at radius 3 is 2.60 bits per heavy atom. The molecule has 0 aliphatic heterocycles. The summed E-state index contributed by atoms with van der Waals surface area (Å²) in [6.45, 7) is 3.24. The normalized spacial score (nSPS) is 11.2. The van der Waals surface area contributed by atoms with Crippen molar-refractivity contribution in [2.45, 2.75) is 18.7 Å². The molecule has 0 spiro atoms. The minimum atomic E-state index is -3.80. The first kappa shape index (κ1) is 16.1. The summed E-state index contributed by atoms with van der Waals surface area (Å²) in [7, 11) is -2.35. The van der Waals surface area contributed by atoms with Crippen LogP contribution in [0.5, 0.6) is 0 Å². The average Bonchev–Trinajstić information content (AvgIpc) is 2.44. The summed E-state index contributed by atoms with van der Waals surface area (Å²) < 4.78 is 26.2. The van der Waals surface area contributed by atoms with E-state index < -0.39 is 10.0 Å². The number of sulfonamides is 1. The van der Waals surface area contributed by atoms with Crippen LogP contribution in [0.15, 0.2) is 23.1 Å². The Hall–Kier alpha value is -1.91. The zero-order valence-corrected chi connectivity index (χ0v) is 12.5. The lowest BCUT2D eigenvalue weighted by molar-refractivity contribution is -0.120. The Morgan fingerprint density at radius 1 is 1.45 bits per heavy atom. The summed E-state index contributed by atoms with van der Waals surface area (Å²) in [6, 6.07) is 6.39. The number of nitrogens with zero attached hydrogens (tertiary/aromatic N) is 2. The molecule has 1 aromatic carbocycles. The standard InChI is InChI=1S/C13H17N3O3S/c1-4-16(9-13(17)15-3)20(18,19)12-7-11(8-14)6-5-10(12)2/h5-7H,4,9H2,1-3H3,(H,15,17). The van der Waals surface area contributed by atoms with Crippen LogP contribution in [0.1, 0.15) is 18.1 Å². The number of carbonyl (C=O) groups excluding carboxylic acids is 1. The van der Waals surface area contributed by atoms with Crippen LogP contribution in [0.4, 0.5) is 0 Å². The van der Waals surface area contributed by atoms with E-state index in [-0.39, 0.29) is 29.5 Å². The van der Waals surface area contributed by atoms with E-state index in [0.717, 1.165) is 4.31 Å². The van der Waals surface area contributed by atoms with Gasteiger partial charge in [-0.2, -0.15) is 9.57 Å². The van der Waals surface area contributed by atoms with E-state index in [4.69, 9.17) is 5.26 Å². The van der Waals surface area contributed by atoms with Crippen LogP contribution in [0.25, 0.3) is 0 Å². The highest BCUT2D eigenvalue weighted by molar-refractivity contribution is 7.89. The van der Waals surface area contributed by atoms with Crippen molar-refractivity contribution < 1.29 is 13.2 Å². The summed E-state index contributed by atoms with van der Waals surface area (Å²) in [5, 5.41) is 11.3. The Morgan fingerprint density at radius 2 is 2.10 bits per heavy atom. The Balaban J connectivity index is 3.27. The van der Waals surface area contributed by atoms with Crippen molar-refractivity contribution in [2.24, 2.45) is 0 Å². The van der Waals surface area contributed by atoms with Crippen molar-refractivity contribution in [2.75, 3.05) is 20.1 Å². The van der Waals surface area contributed by atoms with E-state index in [9.17, 15) is 13.2 Å². The monoisotopic (exact) mass is 295 g/mol. The summed E-state index contributed by atoms with van der Waals surface area (Å²) >= 11 is 0. The summed E-state index contributed by atoms with van der Waals surface area (Å²) in [6.07, 6.45) is 0. The Bertz CT molecular complexity index is 647. The van der Waals surface area contributed by atoms with E-state index in [1.165, 1.54) is 13.1 Å². The van der Waals surface area contributed by atoms with Gasteiger partial charge in [-0.25, -0.2) is 8.42 Å². The van der Waals surface area contributed by atoms with Crippen molar-refractivity contribution in [3.05, 3.63) is 29.3 Å². The number of carbonyl (C=O) groups is 1. The molecule has 0 radical (unpaired) electrons. The molecule has 0 aromatic heterocycles. The first-order valence-electron chi connectivity index (χ1n) is 6.08. The highest BCUT2D eigenvalue weighted by atomic mass is 32.2. The van der Waals surface area contributed by atoms with Gasteiger partial charge < -0.3 is 5.32 Å². The van der Waals surface area contributed by atoms with Gasteiger partial charge in [0.25, 0.3) is 0 Å². The molecular weight excluding hydrogens is 278 g/mol. The summed E-state index contributed by atoms with van der Waals surface area (Å²) in [5.74, 6) is -0.385. The molecule has 0 saturated heterocycles. The predicted octanol–water partition coefficient (Wildman–Crippen LogP) is 0.623. The number of nitrogens with one attached hydrogen (secondary N) is 1. The van der Waals surface area contributed by atoms with Crippen LogP contribution >= 0.6 is 0 Å². The lowest BCUT2D eigenvalue weighted by Crippen LogP contribution is -2.39. The maximum Gasteiger partial charge on any atom is 0.243 e. The van der Waals surface area contributed by atoms with Crippen molar-refractivity contribution >= 4 is 15.9 Å². The molecule has 0 aliphatic carbocycles. The van der Waals surface area contributed by atoms with Gasteiger partial charge >= 0.3 is 0 Å². The fourth-order valence-electron chi connectivity index (χ4n) is 1.69. The van der Waals surface area contributed by atoms with E-state index in [0.29, 0.717) is 5.56 Å². The van der Waals surface area contributed by atoms with Gasteiger partial charge in [-0.15, -0.1) is 0 Å². The molecule has 1 rings (SSSR count). The van der Waals surface area contributed by atoms with Crippen LogP contribution < -0.4 is 5.32 Å². The van der Waals surface area contributed by atoms with Crippen LogP contribution in [-0.2, 0) is 14.8 Å². The molecule has 20 heavy (non-hydrogen) atoms. The number of amides is 1. The second-order valence-electron chi connectivity index (χ2n) is 4.20. The number of benzene rings is 1. The van der Waals surface area contributed by atoms with Crippen molar-refractivity contribution in [3.63, 3.8) is 0 Å². The Kier molecular flexibility index (Phi) is 5.25. The first-order valence-corrected chi connectivity index (χ1v) is 7.52. The quantitative estimate of drug-likeness (QED) is 0.862. The van der Waals surface area contributed by atoms with Gasteiger partial charge in [-0.1, -0.05) is 13.0 Å². The van der Waals surface area contributed by atoms with Crippen molar-refractivity contribution in [1.29, 1.82) is 5.26 Å². The maximum atomic E-state index is 12.5. The molecule has 0 unspecified atom stereocenters. The zero-order valence-electron chi connectivity index (χ0n) is 11.7. The van der Waals surface area contributed by atoms with Gasteiger partial charge in [-0.3, -0.25) is 4.79 Å². The molecular formula is C13H17N3O3S. The highest BCUT2D eigenvalue weighted by Gasteiger charge is 2.26. The third kappa shape index (κ3) is 3.35. The third-order valence-corrected chi connectivity index (χ3v) is 4.95. The van der Waals surface area contributed by atoms with Gasteiger partial charge in [0.1, 0.15) is 0 Å². The largest absolute Gasteiger partial charge is 0.358 e. The van der Waals surface area contributed by atoms with E-state index in [1.54, 1.807) is 26.0 Å². The molecule has 1 amide bonds. The summed E-state index contributed by atoms with van der Waals surface area (Å²) in [5.41, 5.74) is 0.810. The molecule has 108 valence electrons. The van der Waals surface area contributed by atoms with E-state index in [2.05, 4.69) is 5.32 Å². The lowest BCUT2D eigenvalue weighted by atomic mass is 10.2. The fourth-order valence-corrected chi connectivity index (χ4v) is 3.35. The van der Waals surface area contributed by atoms with Crippen LogP contribution in [0, 0.1) is 18.3 Å². The second kappa shape index (κ2) is 6.50. The molecule has 0 saturated carbocycles. The molecule has 7 heteroatoms. The molecule has 0 atom stereocenters. The number of likely N-dealkylation sites (N-methyl/N-ethyl adjacent to an activating group) is 2. The molecule has 1 N–H and O–H groups in total. The molecule has 0 heterocycles. The van der Waals surface area contributed by atoms with Gasteiger partial charge in [0, 0.05) is 13.6 Å². The fraction of sp³-hybridized carbons (Fsp3) is 0.385. The SMILES string of the molecule is CCN(CC(=O)NC)S(=O)(=O)c1cc(C#N)ccc1C. The third-order valence-electron chi connectivity index (χ3n) is 2.89. The molecule has 0 fully saturated rings. The number of aryl methyl sites for hydroxylation is 1. The van der Waals surface area contributed by atoms with E-state index in [1.807, 2.05) is 6.07 Å². The minimum absolute atomic E-state index is 0.0577. The van der Waals surface area contributed by atoms with Crippen LogP contribution in [0.2, 0.25) is 0 Å². The Labute approximate surface area is 119 Å². The number of hydrogen-bond donors (Lipinski definition) is 1. The smallest absolute Gasteiger partial charge is 0.243 e. The zero-order chi connectivity index (χ0) is 15.3. The maximum absolute atomic E-state index is 12.5. The molecule has 1 aromatic rings. The topological polar surface area (TPSA) is 90.3 Å². The van der Waals surface area contributed by atoms with Gasteiger partial charge in [0.05, 0.1) is 23.1 Å². The van der Waals surface area contributed by atoms with Crippen molar-refractivity contribution in [1.82, 2.24) is 9.62 Å². The highest BCUT2D eigenvalue weighted by Crippen LogP contribution is 2.21. The number of hydrogen-bond acceptors (Lipinski definition) is 4. The van der Waals surface area contributed by atoms with Gasteiger partial charge in [-0.05, 0) is 24.6 Å². The number of rotatable bonds is 5. The van der Waals surface area contributed by atoms with Crippen LogP contribution in [0.3, 0.4) is 0 Å². The predicted molar refractivity (Wildman–Crippen MR) is 74.4 cm³/mol. The molecule has 0 aliphatic rings. The minimum Gasteiger partial charge on any atom is -0.358 e. The van der Waals surface area contributed by atoms with Gasteiger partial charge in [0.2, 0.25) is 15.9 Å². The first-order chi connectivity index (χ1) is 9.36. The summed E-state index contributed by atoms with van der Waals surface area (Å²) in [4.78, 5) is 11.5.